The van der Waals surface area contributed by atoms with Gasteiger partial charge in [0.2, 0.25) is 5.91 Å². The van der Waals surface area contributed by atoms with E-state index in [2.05, 4.69) is 4.90 Å². The Kier molecular flexibility index (Phi) is 6.01. The van der Waals surface area contributed by atoms with E-state index in [4.69, 9.17) is 4.74 Å². The van der Waals surface area contributed by atoms with Gasteiger partial charge in [0.25, 0.3) is 0 Å². The smallest absolute Gasteiger partial charge is 0.379 e. The molecule has 1 fully saturated rings. The zero-order chi connectivity index (χ0) is 16.9. The van der Waals surface area contributed by atoms with Crippen LogP contribution in [0.5, 0.6) is 0 Å². The number of nitrogens with zero attached hydrogens (tertiary/aromatic N) is 2. The summed E-state index contributed by atoms with van der Waals surface area (Å²) in [7, 11) is 0. The molecule has 23 heavy (non-hydrogen) atoms. The van der Waals surface area contributed by atoms with Gasteiger partial charge in [-0.1, -0.05) is 18.2 Å². The summed E-state index contributed by atoms with van der Waals surface area (Å²) >= 11 is 0. The summed E-state index contributed by atoms with van der Waals surface area (Å²) in [6, 6.07) is 5.39. The number of halogens is 3. The number of morpholine rings is 1. The maximum Gasteiger partial charge on any atom is 0.416 e. The molecule has 1 aromatic carbocycles. The molecular formula is C16H21F3N2O2. The molecule has 7 heteroatoms. The van der Waals surface area contributed by atoms with Crippen LogP contribution in [0.25, 0.3) is 0 Å². The van der Waals surface area contributed by atoms with Crippen molar-refractivity contribution < 1.29 is 22.7 Å². The Morgan fingerprint density at radius 1 is 1.26 bits per heavy atom. The Morgan fingerprint density at radius 2 is 1.91 bits per heavy atom. The molecule has 2 rings (SSSR count). The van der Waals surface area contributed by atoms with Crippen LogP contribution in [0.15, 0.2) is 24.3 Å². The average Bonchev–Trinajstić information content (AvgIpc) is 2.51. The van der Waals surface area contributed by atoms with Gasteiger partial charge in [0, 0.05) is 39.6 Å². The first-order valence-corrected chi connectivity index (χ1v) is 7.58. The lowest BCUT2D eigenvalue weighted by Crippen LogP contribution is -2.42. The summed E-state index contributed by atoms with van der Waals surface area (Å²) in [5, 5.41) is 0. The highest BCUT2D eigenvalue weighted by molar-refractivity contribution is 5.73. The van der Waals surface area contributed by atoms with Gasteiger partial charge in [-0.25, -0.2) is 0 Å². The summed E-state index contributed by atoms with van der Waals surface area (Å²) in [4.78, 5) is 15.4. The van der Waals surface area contributed by atoms with Crippen molar-refractivity contribution in [2.75, 3.05) is 39.4 Å². The van der Waals surface area contributed by atoms with E-state index in [0.29, 0.717) is 26.3 Å². The van der Waals surface area contributed by atoms with Crippen LogP contribution in [0.2, 0.25) is 0 Å². The van der Waals surface area contributed by atoms with Crippen molar-refractivity contribution in [3.8, 4) is 0 Å². The molecule has 0 aliphatic carbocycles. The standard InChI is InChI=1S/C16H21F3N2O2/c1-13(22)21(7-6-20-8-10-23-11-9-20)12-14-4-2-3-5-15(14)16(17,18)19/h2-5H,6-12H2,1H3. The van der Waals surface area contributed by atoms with Gasteiger partial charge in [0.1, 0.15) is 0 Å². The number of alkyl halides is 3. The first kappa shape index (κ1) is 17.7. The Hall–Kier alpha value is -1.60. The van der Waals surface area contributed by atoms with Gasteiger partial charge in [-0.3, -0.25) is 9.69 Å². The lowest BCUT2D eigenvalue weighted by Gasteiger charge is -2.30. The molecule has 4 nitrogen and oxygen atoms in total. The van der Waals surface area contributed by atoms with E-state index < -0.39 is 11.7 Å². The molecule has 1 amide bonds. The van der Waals surface area contributed by atoms with E-state index in [9.17, 15) is 18.0 Å². The number of benzene rings is 1. The summed E-state index contributed by atoms with van der Waals surface area (Å²) in [5.41, 5.74) is -0.560. The maximum atomic E-state index is 13.1. The van der Waals surface area contributed by atoms with Gasteiger partial charge in [-0.2, -0.15) is 13.2 Å². The molecular weight excluding hydrogens is 309 g/mol. The second-order valence-electron chi connectivity index (χ2n) is 5.55. The predicted molar refractivity (Wildman–Crippen MR) is 79.8 cm³/mol. The van der Waals surface area contributed by atoms with Crippen LogP contribution in [-0.4, -0.2) is 55.1 Å². The molecule has 0 radical (unpaired) electrons. The topological polar surface area (TPSA) is 32.8 Å². The van der Waals surface area contributed by atoms with E-state index in [0.717, 1.165) is 19.2 Å². The normalized spacial score (nSPS) is 16.3. The van der Waals surface area contributed by atoms with Crippen molar-refractivity contribution in [3.05, 3.63) is 35.4 Å². The van der Waals surface area contributed by atoms with Gasteiger partial charge in [-0.15, -0.1) is 0 Å². The summed E-state index contributed by atoms with van der Waals surface area (Å²) in [5.74, 6) is -0.227. The first-order chi connectivity index (χ1) is 10.9. The lowest BCUT2D eigenvalue weighted by molar-refractivity contribution is -0.139. The van der Waals surface area contributed by atoms with Crippen molar-refractivity contribution in [3.63, 3.8) is 0 Å². The molecule has 0 atom stereocenters. The average molecular weight is 330 g/mol. The van der Waals surface area contributed by atoms with Gasteiger partial charge in [0.05, 0.1) is 18.8 Å². The number of ether oxygens (including phenoxy) is 1. The molecule has 128 valence electrons. The quantitative estimate of drug-likeness (QED) is 0.831. The van der Waals surface area contributed by atoms with E-state index in [1.54, 1.807) is 6.07 Å². The van der Waals surface area contributed by atoms with Crippen molar-refractivity contribution in [1.29, 1.82) is 0 Å². The lowest BCUT2D eigenvalue weighted by atomic mass is 10.1. The van der Waals surface area contributed by atoms with E-state index in [1.807, 2.05) is 0 Å². The fraction of sp³-hybridized carbons (Fsp3) is 0.562. The minimum atomic E-state index is -4.41. The maximum absolute atomic E-state index is 13.1. The fourth-order valence-corrected chi connectivity index (χ4v) is 2.58. The zero-order valence-corrected chi connectivity index (χ0v) is 13.1. The van der Waals surface area contributed by atoms with Crippen LogP contribution in [0.3, 0.4) is 0 Å². The van der Waals surface area contributed by atoms with E-state index in [1.165, 1.54) is 24.0 Å². The molecule has 0 aromatic heterocycles. The van der Waals surface area contributed by atoms with Crippen molar-refractivity contribution in [1.82, 2.24) is 9.80 Å². The molecule has 1 saturated heterocycles. The van der Waals surface area contributed by atoms with Gasteiger partial charge in [0.15, 0.2) is 0 Å². The fourth-order valence-electron chi connectivity index (χ4n) is 2.58. The van der Waals surface area contributed by atoms with Crippen molar-refractivity contribution in [2.45, 2.75) is 19.6 Å². The first-order valence-electron chi connectivity index (χ1n) is 7.58. The SMILES string of the molecule is CC(=O)N(CCN1CCOCC1)Cc1ccccc1C(F)(F)F. The van der Waals surface area contributed by atoms with Crippen LogP contribution >= 0.6 is 0 Å². The minimum Gasteiger partial charge on any atom is -0.379 e. The Morgan fingerprint density at radius 3 is 2.52 bits per heavy atom. The monoisotopic (exact) mass is 330 g/mol. The number of hydrogen-bond donors (Lipinski definition) is 0. The third-order valence-electron chi connectivity index (χ3n) is 3.92. The molecule has 1 aliphatic rings. The van der Waals surface area contributed by atoms with Crippen LogP contribution in [0.1, 0.15) is 18.1 Å². The molecule has 0 saturated carbocycles. The Balaban J connectivity index is 2.03. The molecule has 0 N–H and O–H groups in total. The predicted octanol–water partition coefficient (Wildman–Crippen LogP) is 2.39. The molecule has 1 aliphatic heterocycles. The summed E-state index contributed by atoms with van der Waals surface area (Å²) < 4.78 is 44.4. The number of carbonyl (C=O) groups is 1. The Labute approximate surface area is 133 Å². The second kappa shape index (κ2) is 7.79. The number of rotatable bonds is 5. The highest BCUT2D eigenvalue weighted by Crippen LogP contribution is 2.32. The molecule has 0 bridgehead atoms. The van der Waals surface area contributed by atoms with Crippen LogP contribution in [-0.2, 0) is 22.3 Å². The number of amides is 1. The van der Waals surface area contributed by atoms with Crippen molar-refractivity contribution >= 4 is 5.91 Å². The van der Waals surface area contributed by atoms with Gasteiger partial charge < -0.3 is 9.64 Å². The Bertz CT molecular complexity index is 528. The van der Waals surface area contributed by atoms with Gasteiger partial charge >= 0.3 is 6.18 Å². The van der Waals surface area contributed by atoms with E-state index >= 15 is 0 Å². The van der Waals surface area contributed by atoms with Crippen molar-refractivity contribution in [2.24, 2.45) is 0 Å². The third kappa shape index (κ3) is 5.21. The number of carbonyl (C=O) groups excluding carboxylic acids is 1. The van der Waals surface area contributed by atoms with Gasteiger partial charge in [-0.05, 0) is 11.6 Å². The molecule has 0 unspecified atom stereocenters. The minimum absolute atomic E-state index is 0.0324. The molecule has 0 spiro atoms. The summed E-state index contributed by atoms with van der Waals surface area (Å²) in [6.07, 6.45) is -4.41. The highest BCUT2D eigenvalue weighted by atomic mass is 19.4. The van der Waals surface area contributed by atoms with Crippen LogP contribution in [0.4, 0.5) is 13.2 Å². The highest BCUT2D eigenvalue weighted by Gasteiger charge is 2.33. The van der Waals surface area contributed by atoms with Crippen LogP contribution in [0, 0.1) is 0 Å². The van der Waals surface area contributed by atoms with Crippen LogP contribution < -0.4 is 0 Å². The third-order valence-corrected chi connectivity index (χ3v) is 3.92. The van der Waals surface area contributed by atoms with E-state index in [-0.39, 0.29) is 18.0 Å². The molecule has 1 heterocycles. The zero-order valence-electron chi connectivity index (χ0n) is 13.1. The largest absolute Gasteiger partial charge is 0.416 e. The summed E-state index contributed by atoms with van der Waals surface area (Å²) in [6.45, 7) is 5.26. The molecule has 1 aromatic rings. The second-order valence-corrected chi connectivity index (χ2v) is 5.55. The number of hydrogen-bond acceptors (Lipinski definition) is 3.